The van der Waals surface area contributed by atoms with E-state index >= 15 is 0 Å². The molecule has 1 aromatic heterocycles. The second kappa shape index (κ2) is 4.97. The van der Waals surface area contributed by atoms with Crippen molar-refractivity contribution >= 4 is 28.8 Å². The van der Waals surface area contributed by atoms with Crippen LogP contribution in [0.15, 0.2) is 41.2 Å². The zero-order valence-electron chi connectivity index (χ0n) is 9.14. The SMILES string of the molecule is NC(=S)c1cc(NC(=O)c2ccoc2)ccc1F. The number of anilines is 1. The van der Waals surface area contributed by atoms with Gasteiger partial charge in [-0.3, -0.25) is 4.79 Å². The first kappa shape index (κ1) is 12.3. The Morgan fingerprint density at radius 2 is 2.17 bits per heavy atom. The number of nitrogens with two attached hydrogens (primary N) is 1. The Bertz CT molecular complexity index is 596. The second-order valence-corrected chi connectivity index (χ2v) is 3.96. The minimum absolute atomic E-state index is 0.0630. The van der Waals surface area contributed by atoms with E-state index in [1.165, 1.54) is 36.8 Å². The van der Waals surface area contributed by atoms with Crippen LogP contribution in [0, 0.1) is 5.82 Å². The Balaban J connectivity index is 2.22. The molecule has 1 heterocycles. The first-order valence-corrected chi connectivity index (χ1v) is 5.41. The van der Waals surface area contributed by atoms with Gasteiger partial charge in [0, 0.05) is 11.3 Å². The van der Waals surface area contributed by atoms with Gasteiger partial charge in [-0.05, 0) is 24.3 Å². The van der Waals surface area contributed by atoms with Crippen molar-refractivity contribution in [2.45, 2.75) is 0 Å². The maximum Gasteiger partial charge on any atom is 0.258 e. The minimum Gasteiger partial charge on any atom is -0.472 e. The summed E-state index contributed by atoms with van der Waals surface area (Å²) in [5, 5.41) is 2.59. The normalized spacial score (nSPS) is 10.1. The third-order valence-corrected chi connectivity index (χ3v) is 2.49. The third kappa shape index (κ3) is 2.54. The average Bonchev–Trinajstić information content (AvgIpc) is 2.85. The molecule has 0 aliphatic rings. The number of furan rings is 1. The first-order chi connectivity index (χ1) is 8.58. The molecule has 92 valence electrons. The van der Waals surface area contributed by atoms with E-state index in [1.807, 2.05) is 0 Å². The highest BCUT2D eigenvalue weighted by Crippen LogP contribution is 2.16. The molecule has 1 aromatic carbocycles. The van der Waals surface area contributed by atoms with Crippen molar-refractivity contribution in [3.8, 4) is 0 Å². The van der Waals surface area contributed by atoms with E-state index < -0.39 is 5.82 Å². The topological polar surface area (TPSA) is 68.3 Å². The van der Waals surface area contributed by atoms with E-state index in [0.717, 1.165) is 0 Å². The molecule has 0 spiro atoms. The summed E-state index contributed by atoms with van der Waals surface area (Å²) in [6.07, 6.45) is 2.70. The standard InChI is InChI=1S/C12H9FN2O2S/c13-10-2-1-8(5-9(10)11(14)18)15-12(16)7-3-4-17-6-7/h1-6H,(H2,14,18)(H,15,16). The molecule has 0 saturated heterocycles. The van der Waals surface area contributed by atoms with Crippen LogP contribution in [0.2, 0.25) is 0 Å². The fraction of sp³-hybridized carbons (Fsp3) is 0. The molecule has 6 heteroatoms. The quantitative estimate of drug-likeness (QED) is 0.835. The van der Waals surface area contributed by atoms with Crippen molar-refractivity contribution in [1.82, 2.24) is 0 Å². The molecule has 1 amide bonds. The number of carbonyl (C=O) groups excluding carboxylic acids is 1. The number of amides is 1. The van der Waals surface area contributed by atoms with Gasteiger partial charge in [-0.1, -0.05) is 12.2 Å². The van der Waals surface area contributed by atoms with Gasteiger partial charge < -0.3 is 15.5 Å². The Labute approximate surface area is 108 Å². The fourth-order valence-corrected chi connectivity index (χ4v) is 1.55. The molecule has 0 saturated carbocycles. The van der Waals surface area contributed by atoms with E-state index in [9.17, 15) is 9.18 Å². The van der Waals surface area contributed by atoms with Crippen molar-refractivity contribution in [2.24, 2.45) is 5.73 Å². The summed E-state index contributed by atoms with van der Waals surface area (Å²) in [6, 6.07) is 5.53. The van der Waals surface area contributed by atoms with Crippen LogP contribution >= 0.6 is 12.2 Å². The summed E-state index contributed by atoms with van der Waals surface area (Å²) in [6.45, 7) is 0. The van der Waals surface area contributed by atoms with Crippen LogP contribution in [0.4, 0.5) is 10.1 Å². The van der Waals surface area contributed by atoms with Crippen molar-refractivity contribution in [3.63, 3.8) is 0 Å². The molecule has 4 nitrogen and oxygen atoms in total. The molecule has 2 rings (SSSR count). The van der Waals surface area contributed by atoms with Crippen molar-refractivity contribution < 1.29 is 13.6 Å². The zero-order valence-corrected chi connectivity index (χ0v) is 9.96. The number of benzene rings is 1. The lowest BCUT2D eigenvalue weighted by Gasteiger charge is -2.06. The maximum atomic E-state index is 13.3. The highest BCUT2D eigenvalue weighted by molar-refractivity contribution is 7.80. The van der Waals surface area contributed by atoms with Gasteiger partial charge in [0.25, 0.3) is 5.91 Å². The largest absolute Gasteiger partial charge is 0.472 e. The summed E-state index contributed by atoms with van der Waals surface area (Å²) in [5.41, 5.74) is 6.24. The number of halogens is 1. The molecule has 0 aliphatic carbocycles. The summed E-state index contributed by atoms with van der Waals surface area (Å²) >= 11 is 4.71. The first-order valence-electron chi connectivity index (χ1n) is 5.01. The molecule has 3 N–H and O–H groups in total. The lowest BCUT2D eigenvalue weighted by atomic mass is 10.2. The molecule has 18 heavy (non-hydrogen) atoms. The Hall–Kier alpha value is -2.21. The lowest BCUT2D eigenvalue weighted by molar-refractivity contribution is 0.102. The van der Waals surface area contributed by atoms with E-state index in [0.29, 0.717) is 11.3 Å². The molecular formula is C12H9FN2O2S. The van der Waals surface area contributed by atoms with Crippen LogP contribution in [-0.2, 0) is 0 Å². The Morgan fingerprint density at radius 1 is 1.39 bits per heavy atom. The summed E-state index contributed by atoms with van der Waals surface area (Å²) < 4.78 is 18.1. The summed E-state index contributed by atoms with van der Waals surface area (Å²) in [4.78, 5) is 11.6. The number of carbonyl (C=O) groups is 1. The van der Waals surface area contributed by atoms with Gasteiger partial charge >= 0.3 is 0 Å². The summed E-state index contributed by atoms with van der Waals surface area (Å²) in [5.74, 6) is -0.881. The highest BCUT2D eigenvalue weighted by Gasteiger charge is 2.10. The van der Waals surface area contributed by atoms with Gasteiger partial charge in [0.05, 0.1) is 11.8 Å². The van der Waals surface area contributed by atoms with Gasteiger partial charge in [-0.15, -0.1) is 0 Å². The van der Waals surface area contributed by atoms with E-state index in [1.54, 1.807) is 0 Å². The van der Waals surface area contributed by atoms with Crippen LogP contribution in [0.5, 0.6) is 0 Å². The smallest absolute Gasteiger partial charge is 0.258 e. The van der Waals surface area contributed by atoms with Crippen LogP contribution in [0.1, 0.15) is 15.9 Å². The second-order valence-electron chi connectivity index (χ2n) is 3.53. The van der Waals surface area contributed by atoms with Gasteiger partial charge in [0.2, 0.25) is 0 Å². The molecule has 0 aliphatic heterocycles. The van der Waals surface area contributed by atoms with Crippen LogP contribution in [-0.4, -0.2) is 10.9 Å². The van der Waals surface area contributed by atoms with Crippen molar-refractivity contribution in [3.05, 3.63) is 53.7 Å². The van der Waals surface area contributed by atoms with Gasteiger partial charge in [-0.25, -0.2) is 4.39 Å². The van der Waals surface area contributed by atoms with Crippen LogP contribution in [0.3, 0.4) is 0 Å². The summed E-state index contributed by atoms with van der Waals surface area (Å²) in [7, 11) is 0. The highest BCUT2D eigenvalue weighted by atomic mass is 32.1. The molecular weight excluding hydrogens is 255 g/mol. The average molecular weight is 264 g/mol. The third-order valence-electron chi connectivity index (χ3n) is 2.27. The lowest BCUT2D eigenvalue weighted by Crippen LogP contribution is -2.14. The van der Waals surface area contributed by atoms with Crippen molar-refractivity contribution in [1.29, 1.82) is 0 Å². The van der Waals surface area contributed by atoms with E-state index in [4.69, 9.17) is 22.4 Å². The number of hydrogen-bond donors (Lipinski definition) is 2. The molecule has 0 radical (unpaired) electrons. The predicted octanol–water partition coefficient (Wildman–Crippen LogP) is 2.31. The Morgan fingerprint density at radius 3 is 2.78 bits per heavy atom. The number of hydrogen-bond acceptors (Lipinski definition) is 3. The monoisotopic (exact) mass is 264 g/mol. The molecule has 0 bridgehead atoms. The molecule has 0 atom stereocenters. The number of thiocarbonyl (C=S) groups is 1. The van der Waals surface area contributed by atoms with Crippen molar-refractivity contribution in [2.75, 3.05) is 5.32 Å². The Kier molecular flexibility index (Phi) is 3.38. The number of rotatable bonds is 3. The maximum absolute atomic E-state index is 13.3. The zero-order chi connectivity index (χ0) is 13.1. The van der Waals surface area contributed by atoms with E-state index in [-0.39, 0.29) is 16.5 Å². The van der Waals surface area contributed by atoms with Gasteiger partial charge in [-0.2, -0.15) is 0 Å². The minimum atomic E-state index is -0.524. The molecule has 2 aromatic rings. The van der Waals surface area contributed by atoms with E-state index in [2.05, 4.69) is 5.32 Å². The van der Waals surface area contributed by atoms with Crippen LogP contribution in [0.25, 0.3) is 0 Å². The van der Waals surface area contributed by atoms with Gasteiger partial charge in [0.15, 0.2) is 0 Å². The predicted molar refractivity (Wildman–Crippen MR) is 68.9 cm³/mol. The molecule has 0 fully saturated rings. The van der Waals surface area contributed by atoms with Crippen LogP contribution < -0.4 is 11.1 Å². The molecule has 0 unspecified atom stereocenters. The van der Waals surface area contributed by atoms with Gasteiger partial charge in [0.1, 0.15) is 17.1 Å². The number of nitrogens with one attached hydrogen (secondary N) is 1. The fourth-order valence-electron chi connectivity index (χ4n) is 1.39.